The van der Waals surface area contributed by atoms with Crippen molar-refractivity contribution in [2.24, 2.45) is 0 Å². The first-order chi connectivity index (χ1) is 6.58. The highest BCUT2D eigenvalue weighted by Crippen LogP contribution is 2.47. The molecule has 1 unspecified atom stereocenters. The first kappa shape index (κ1) is 11.7. The molecule has 0 saturated heterocycles. The molecule has 0 amide bonds. The smallest absolute Gasteiger partial charge is 0.313 e. The van der Waals surface area contributed by atoms with Crippen LogP contribution >= 0.6 is 18.2 Å². The van der Waals surface area contributed by atoms with Gasteiger partial charge in [-0.3, -0.25) is 4.52 Å². The van der Waals surface area contributed by atoms with Gasteiger partial charge < -0.3 is 4.89 Å². The van der Waals surface area contributed by atoms with Crippen LogP contribution in [0.4, 0.5) is 0 Å². The Morgan fingerprint density at radius 1 is 1.36 bits per heavy atom. The molecule has 0 aromatic heterocycles. The van der Waals surface area contributed by atoms with Crippen molar-refractivity contribution in [1.29, 1.82) is 0 Å². The van der Waals surface area contributed by atoms with E-state index in [1.807, 2.05) is 30.3 Å². The predicted molar refractivity (Wildman–Crippen MR) is 56.4 cm³/mol. The molecule has 1 N–H and O–H groups in total. The predicted octanol–water partition coefficient (Wildman–Crippen LogP) is 2.98. The summed E-state index contributed by atoms with van der Waals surface area (Å²) in [5.74, 6) is 0. The van der Waals surface area contributed by atoms with Gasteiger partial charge in [0, 0.05) is 11.2 Å². The van der Waals surface area contributed by atoms with E-state index in [1.54, 1.807) is 0 Å². The Hall–Kier alpha value is -0.340. The molecular formula is C9H12ClO3P. The lowest BCUT2D eigenvalue weighted by Crippen LogP contribution is -1.92. The van der Waals surface area contributed by atoms with E-state index < -0.39 is 6.95 Å². The van der Waals surface area contributed by atoms with Crippen LogP contribution < -0.4 is 0 Å². The third kappa shape index (κ3) is 5.40. The maximum Gasteiger partial charge on any atom is 0.421 e. The van der Waals surface area contributed by atoms with Crippen LogP contribution in [0.1, 0.15) is 12.0 Å². The van der Waals surface area contributed by atoms with Gasteiger partial charge in [0.1, 0.15) is 0 Å². The summed E-state index contributed by atoms with van der Waals surface area (Å²) in [5.41, 5.74) is 1.18. The second-order valence-corrected chi connectivity index (χ2v) is 5.32. The average Bonchev–Trinajstić information content (AvgIpc) is 2.13. The van der Waals surface area contributed by atoms with Gasteiger partial charge in [-0.15, -0.1) is 0 Å². The van der Waals surface area contributed by atoms with Gasteiger partial charge in [-0.05, 0) is 18.4 Å². The summed E-state index contributed by atoms with van der Waals surface area (Å²) in [6, 6.07) is 9.85. The second kappa shape index (κ2) is 5.52. The van der Waals surface area contributed by atoms with Crippen molar-refractivity contribution >= 4 is 18.2 Å². The Balaban J connectivity index is 2.20. The fourth-order valence-corrected chi connectivity index (χ4v) is 1.66. The van der Waals surface area contributed by atoms with E-state index in [1.165, 1.54) is 5.56 Å². The van der Waals surface area contributed by atoms with Crippen molar-refractivity contribution in [1.82, 2.24) is 0 Å². The zero-order valence-corrected chi connectivity index (χ0v) is 9.25. The summed E-state index contributed by atoms with van der Waals surface area (Å²) in [5, 5.41) is 0. The molecule has 14 heavy (non-hydrogen) atoms. The molecule has 1 rings (SSSR count). The van der Waals surface area contributed by atoms with Gasteiger partial charge in [-0.1, -0.05) is 30.3 Å². The molecule has 5 heteroatoms. The van der Waals surface area contributed by atoms with Crippen LogP contribution in [0.3, 0.4) is 0 Å². The molecule has 0 fully saturated rings. The minimum Gasteiger partial charge on any atom is -0.313 e. The molecule has 1 aromatic rings. The van der Waals surface area contributed by atoms with Crippen molar-refractivity contribution in [3.8, 4) is 0 Å². The topological polar surface area (TPSA) is 46.5 Å². The molecule has 3 nitrogen and oxygen atoms in total. The number of aryl methyl sites for hydroxylation is 1. The fraction of sp³-hybridized carbons (Fsp3) is 0.333. The monoisotopic (exact) mass is 234 g/mol. The van der Waals surface area contributed by atoms with Crippen molar-refractivity contribution < 1.29 is 14.0 Å². The molecule has 0 aliphatic rings. The SMILES string of the molecule is O=P(O)(Cl)OCCCc1ccccc1. The Bertz CT molecular complexity index is 309. The van der Waals surface area contributed by atoms with Crippen molar-refractivity contribution in [2.45, 2.75) is 12.8 Å². The minimum absolute atomic E-state index is 0.201. The van der Waals surface area contributed by atoms with Gasteiger partial charge in [0.25, 0.3) is 0 Å². The maximum absolute atomic E-state index is 10.5. The number of halogens is 1. The Morgan fingerprint density at radius 3 is 2.57 bits per heavy atom. The van der Waals surface area contributed by atoms with Crippen LogP contribution in [0.2, 0.25) is 0 Å². The van der Waals surface area contributed by atoms with Crippen LogP contribution in [-0.4, -0.2) is 11.5 Å². The normalized spacial score (nSPS) is 15.0. The van der Waals surface area contributed by atoms with E-state index in [4.69, 9.17) is 16.1 Å². The van der Waals surface area contributed by atoms with Gasteiger partial charge in [-0.2, -0.15) is 0 Å². The van der Waals surface area contributed by atoms with Gasteiger partial charge >= 0.3 is 6.95 Å². The average molecular weight is 235 g/mol. The van der Waals surface area contributed by atoms with E-state index in [9.17, 15) is 4.57 Å². The van der Waals surface area contributed by atoms with Crippen LogP contribution in [0.15, 0.2) is 30.3 Å². The van der Waals surface area contributed by atoms with Crippen LogP contribution in [0.25, 0.3) is 0 Å². The van der Waals surface area contributed by atoms with E-state index >= 15 is 0 Å². The van der Waals surface area contributed by atoms with E-state index in [0.29, 0.717) is 6.42 Å². The molecule has 0 spiro atoms. The molecule has 1 atom stereocenters. The largest absolute Gasteiger partial charge is 0.421 e. The summed E-state index contributed by atoms with van der Waals surface area (Å²) in [6.07, 6.45) is 1.50. The number of benzene rings is 1. The molecule has 78 valence electrons. The minimum atomic E-state index is -3.81. The molecule has 0 aliphatic heterocycles. The first-order valence-corrected chi connectivity index (χ1v) is 6.77. The van der Waals surface area contributed by atoms with Gasteiger partial charge in [0.2, 0.25) is 0 Å². The summed E-state index contributed by atoms with van der Waals surface area (Å²) in [4.78, 5) is 8.61. The molecule has 0 aliphatic carbocycles. The second-order valence-electron chi connectivity index (χ2n) is 2.87. The Morgan fingerprint density at radius 2 is 2.00 bits per heavy atom. The third-order valence-corrected chi connectivity index (χ3v) is 2.50. The lowest BCUT2D eigenvalue weighted by molar-refractivity contribution is 0.270. The number of rotatable bonds is 5. The number of hydrogen-bond donors (Lipinski definition) is 1. The van der Waals surface area contributed by atoms with Gasteiger partial charge in [-0.25, -0.2) is 4.57 Å². The van der Waals surface area contributed by atoms with E-state index in [-0.39, 0.29) is 6.61 Å². The van der Waals surface area contributed by atoms with Crippen molar-refractivity contribution in [3.63, 3.8) is 0 Å². The standard InChI is InChI=1S/C9H12ClO3P/c10-14(11,12)13-8-4-7-9-5-2-1-3-6-9/h1-3,5-6H,4,7-8H2,(H,11,12). The highest BCUT2D eigenvalue weighted by molar-refractivity contribution is 7.80. The molecule has 1 aromatic carbocycles. The van der Waals surface area contributed by atoms with E-state index in [2.05, 4.69) is 4.52 Å². The Labute approximate surface area is 88.0 Å². The van der Waals surface area contributed by atoms with Gasteiger partial charge in [0.05, 0.1) is 6.61 Å². The summed E-state index contributed by atoms with van der Waals surface area (Å²) in [6.45, 7) is -3.61. The summed E-state index contributed by atoms with van der Waals surface area (Å²) >= 11 is 5.00. The molecule has 0 heterocycles. The zero-order chi connectivity index (χ0) is 10.4. The van der Waals surface area contributed by atoms with Crippen molar-refractivity contribution in [3.05, 3.63) is 35.9 Å². The quantitative estimate of drug-likeness (QED) is 0.629. The summed E-state index contributed by atoms with van der Waals surface area (Å²) < 4.78 is 15.1. The number of hydrogen-bond acceptors (Lipinski definition) is 2. The van der Waals surface area contributed by atoms with Crippen LogP contribution in [0.5, 0.6) is 0 Å². The maximum atomic E-state index is 10.5. The Kier molecular flexibility index (Phi) is 4.63. The highest BCUT2D eigenvalue weighted by atomic mass is 35.7. The van der Waals surface area contributed by atoms with Gasteiger partial charge in [0.15, 0.2) is 0 Å². The highest BCUT2D eigenvalue weighted by Gasteiger charge is 2.12. The molecule has 0 bridgehead atoms. The fourth-order valence-electron chi connectivity index (χ4n) is 1.10. The lowest BCUT2D eigenvalue weighted by Gasteiger charge is -2.04. The summed E-state index contributed by atoms with van der Waals surface area (Å²) in [7, 11) is 0. The first-order valence-electron chi connectivity index (χ1n) is 4.29. The lowest BCUT2D eigenvalue weighted by atomic mass is 10.1. The third-order valence-electron chi connectivity index (χ3n) is 1.70. The molecule has 0 radical (unpaired) electrons. The van der Waals surface area contributed by atoms with Crippen LogP contribution in [0, 0.1) is 0 Å². The van der Waals surface area contributed by atoms with Crippen LogP contribution in [-0.2, 0) is 15.5 Å². The zero-order valence-electron chi connectivity index (χ0n) is 7.60. The molecular weight excluding hydrogens is 223 g/mol. The molecule has 0 saturated carbocycles. The van der Waals surface area contributed by atoms with E-state index in [0.717, 1.165) is 6.42 Å². The van der Waals surface area contributed by atoms with Crippen molar-refractivity contribution in [2.75, 3.05) is 6.61 Å².